The van der Waals surface area contributed by atoms with E-state index >= 15 is 4.39 Å². The molecule has 5 rings (SSSR count). The van der Waals surface area contributed by atoms with Crippen LogP contribution in [0, 0.1) is 0 Å². The summed E-state index contributed by atoms with van der Waals surface area (Å²) in [6.07, 6.45) is -3.59. The number of piperidine rings is 1. The van der Waals surface area contributed by atoms with Gasteiger partial charge in [-0.3, -0.25) is 9.58 Å². The zero-order chi connectivity index (χ0) is 25.8. The van der Waals surface area contributed by atoms with Crippen LogP contribution in [-0.4, -0.2) is 73.9 Å². The van der Waals surface area contributed by atoms with E-state index in [1.54, 1.807) is 12.1 Å². The molecule has 2 aliphatic heterocycles. The SMILES string of the molecule is Cn1ncc(Nc2ncc3cc(Cl)c([C@@H]4CCN([C@@]5(C)COC[C@H]5O)C[C@H]4F)cc3n2)c1C(F)(F)F. The number of hydrogen-bond acceptors (Lipinski definition) is 7. The maximum absolute atomic E-state index is 15.5. The van der Waals surface area contributed by atoms with Crippen molar-refractivity contribution in [3.63, 3.8) is 0 Å². The average molecular weight is 529 g/mol. The van der Waals surface area contributed by atoms with E-state index < -0.39 is 35.6 Å². The van der Waals surface area contributed by atoms with Crippen LogP contribution in [-0.2, 0) is 18.0 Å². The lowest BCUT2D eigenvalue weighted by Crippen LogP contribution is -2.58. The minimum Gasteiger partial charge on any atom is -0.389 e. The minimum atomic E-state index is -4.62. The Hall–Kier alpha value is -2.54. The molecule has 2 saturated heterocycles. The first-order valence-corrected chi connectivity index (χ1v) is 11.8. The number of hydrogen-bond donors (Lipinski definition) is 2. The number of halogens is 5. The zero-order valence-corrected chi connectivity index (χ0v) is 20.3. The normalized spacial score (nSPS) is 27.6. The fourth-order valence-electron chi connectivity index (χ4n) is 5.07. The van der Waals surface area contributed by atoms with Crippen LogP contribution in [0.2, 0.25) is 5.02 Å². The van der Waals surface area contributed by atoms with E-state index in [4.69, 9.17) is 16.3 Å². The number of aliphatic hydroxyl groups excluding tert-OH is 1. The first-order chi connectivity index (χ1) is 17.0. The van der Waals surface area contributed by atoms with Crippen LogP contribution < -0.4 is 5.32 Å². The molecule has 0 spiro atoms. The number of nitrogens with one attached hydrogen (secondary N) is 1. The Bertz CT molecular complexity index is 1290. The molecule has 4 atom stereocenters. The van der Waals surface area contributed by atoms with Gasteiger partial charge >= 0.3 is 6.18 Å². The Morgan fingerprint density at radius 3 is 2.72 bits per heavy atom. The van der Waals surface area contributed by atoms with Gasteiger partial charge < -0.3 is 15.2 Å². The predicted molar refractivity (Wildman–Crippen MR) is 125 cm³/mol. The van der Waals surface area contributed by atoms with Gasteiger partial charge in [-0.25, -0.2) is 14.4 Å². The Labute approximate surface area is 209 Å². The van der Waals surface area contributed by atoms with Gasteiger partial charge in [0.2, 0.25) is 5.95 Å². The molecular weight excluding hydrogens is 504 g/mol. The second kappa shape index (κ2) is 9.09. The summed E-state index contributed by atoms with van der Waals surface area (Å²) in [6, 6.07) is 3.30. The van der Waals surface area contributed by atoms with Crippen LogP contribution in [0.3, 0.4) is 0 Å². The van der Waals surface area contributed by atoms with Crippen molar-refractivity contribution in [1.29, 1.82) is 0 Å². The van der Waals surface area contributed by atoms with E-state index in [1.807, 2.05) is 11.8 Å². The number of aryl methyl sites for hydroxylation is 1. The predicted octanol–water partition coefficient (Wildman–Crippen LogP) is 4.06. The highest BCUT2D eigenvalue weighted by molar-refractivity contribution is 6.32. The van der Waals surface area contributed by atoms with Gasteiger partial charge in [0, 0.05) is 36.1 Å². The van der Waals surface area contributed by atoms with Crippen LogP contribution in [0.5, 0.6) is 0 Å². The summed E-state index contributed by atoms with van der Waals surface area (Å²) < 4.78 is 61.8. The highest BCUT2D eigenvalue weighted by Crippen LogP contribution is 2.40. The van der Waals surface area contributed by atoms with Crippen molar-refractivity contribution in [2.45, 2.75) is 43.3 Å². The number of rotatable bonds is 4. The Morgan fingerprint density at radius 1 is 1.28 bits per heavy atom. The van der Waals surface area contributed by atoms with Crippen LogP contribution in [0.1, 0.15) is 30.5 Å². The molecule has 0 aliphatic carbocycles. The molecule has 194 valence electrons. The van der Waals surface area contributed by atoms with Crippen molar-refractivity contribution in [2.75, 3.05) is 31.6 Å². The summed E-state index contributed by atoms with van der Waals surface area (Å²) in [4.78, 5) is 10.4. The summed E-state index contributed by atoms with van der Waals surface area (Å²) in [5.41, 5.74) is -0.877. The largest absolute Gasteiger partial charge is 0.435 e. The molecule has 8 nitrogen and oxygen atoms in total. The lowest BCUT2D eigenvalue weighted by atomic mass is 9.84. The molecule has 2 fully saturated rings. The number of aliphatic hydroxyl groups is 1. The first-order valence-electron chi connectivity index (χ1n) is 11.4. The van der Waals surface area contributed by atoms with Crippen LogP contribution in [0.15, 0.2) is 24.5 Å². The fraction of sp³-hybridized carbons (Fsp3) is 0.522. The lowest BCUT2D eigenvalue weighted by Gasteiger charge is -2.45. The van der Waals surface area contributed by atoms with E-state index in [9.17, 15) is 18.3 Å². The summed E-state index contributed by atoms with van der Waals surface area (Å²) in [5, 5.41) is 17.5. The van der Waals surface area contributed by atoms with Crippen molar-refractivity contribution in [3.8, 4) is 0 Å². The standard InChI is InChI=1S/C23H25ClF4N6O2/c1-22(11-36-10-19(22)35)34-4-3-13(16(25)9-34)14-6-17-12(5-15(14)24)7-29-21(31-17)32-18-8-30-33(2)20(18)23(26,27)28/h5-8,13,16,19,35H,3-4,9-11H2,1-2H3,(H,29,31,32)/t13-,16+,19+,22-/m0/s1. The second-order valence-corrected chi connectivity index (χ2v) is 9.93. The quantitative estimate of drug-likeness (QED) is 0.494. The molecule has 0 unspecified atom stereocenters. The third kappa shape index (κ3) is 4.40. The van der Waals surface area contributed by atoms with Crippen molar-refractivity contribution in [2.24, 2.45) is 7.05 Å². The van der Waals surface area contributed by atoms with Crippen LogP contribution in [0.25, 0.3) is 10.9 Å². The first kappa shape index (κ1) is 25.1. The fourth-order valence-corrected chi connectivity index (χ4v) is 5.38. The van der Waals surface area contributed by atoms with Crippen molar-refractivity contribution in [3.05, 3.63) is 40.8 Å². The number of aromatic nitrogens is 4. The summed E-state index contributed by atoms with van der Waals surface area (Å²) in [5.74, 6) is -0.549. The Kier molecular flexibility index (Phi) is 6.34. The van der Waals surface area contributed by atoms with Gasteiger partial charge in [-0.15, -0.1) is 0 Å². The smallest absolute Gasteiger partial charge is 0.389 e. The van der Waals surface area contributed by atoms with Gasteiger partial charge in [-0.2, -0.15) is 18.3 Å². The van der Waals surface area contributed by atoms with Gasteiger partial charge in [-0.05, 0) is 37.6 Å². The topological polar surface area (TPSA) is 88.3 Å². The van der Waals surface area contributed by atoms with E-state index in [1.165, 1.54) is 13.2 Å². The number of fused-ring (bicyclic) bond motifs is 1. The summed E-state index contributed by atoms with van der Waals surface area (Å²) in [7, 11) is 1.20. The molecule has 2 N–H and O–H groups in total. The van der Waals surface area contributed by atoms with Gasteiger partial charge in [0.25, 0.3) is 0 Å². The minimum absolute atomic E-state index is 0.0518. The molecule has 0 saturated carbocycles. The number of benzene rings is 1. The van der Waals surface area contributed by atoms with Gasteiger partial charge in [0.05, 0.1) is 42.3 Å². The molecule has 4 heterocycles. The third-order valence-electron chi connectivity index (χ3n) is 7.20. The molecule has 0 bridgehead atoms. The highest BCUT2D eigenvalue weighted by Gasteiger charge is 2.47. The average Bonchev–Trinajstić information content (AvgIpc) is 3.35. The molecule has 0 radical (unpaired) electrons. The lowest BCUT2D eigenvalue weighted by molar-refractivity contribution is -0.143. The molecule has 2 aliphatic rings. The van der Waals surface area contributed by atoms with Gasteiger partial charge in [0.15, 0.2) is 5.69 Å². The Balaban J connectivity index is 1.40. The molecule has 2 aromatic heterocycles. The monoisotopic (exact) mass is 528 g/mol. The number of alkyl halides is 4. The zero-order valence-electron chi connectivity index (χ0n) is 19.6. The summed E-state index contributed by atoms with van der Waals surface area (Å²) >= 11 is 6.51. The van der Waals surface area contributed by atoms with Crippen molar-refractivity contribution in [1.82, 2.24) is 24.6 Å². The number of likely N-dealkylation sites (tertiary alicyclic amines) is 1. The number of nitrogens with zero attached hydrogens (tertiary/aromatic N) is 5. The maximum atomic E-state index is 15.5. The molecule has 0 amide bonds. The molecule has 36 heavy (non-hydrogen) atoms. The highest BCUT2D eigenvalue weighted by atomic mass is 35.5. The molecular formula is C23H25ClF4N6O2. The Morgan fingerprint density at radius 2 is 2.06 bits per heavy atom. The van der Waals surface area contributed by atoms with Crippen LogP contribution in [0.4, 0.5) is 29.2 Å². The van der Waals surface area contributed by atoms with Gasteiger partial charge in [0.1, 0.15) is 6.17 Å². The van der Waals surface area contributed by atoms with E-state index in [2.05, 4.69) is 20.4 Å². The number of anilines is 2. The van der Waals surface area contributed by atoms with E-state index in [-0.39, 0.29) is 24.8 Å². The molecule has 13 heteroatoms. The van der Waals surface area contributed by atoms with E-state index in [0.29, 0.717) is 41.1 Å². The molecule has 1 aromatic carbocycles. The maximum Gasteiger partial charge on any atom is 0.435 e. The second-order valence-electron chi connectivity index (χ2n) is 9.52. The third-order valence-corrected chi connectivity index (χ3v) is 7.53. The molecule has 3 aromatic rings. The van der Waals surface area contributed by atoms with Crippen molar-refractivity contribution < 1.29 is 27.4 Å². The van der Waals surface area contributed by atoms with Gasteiger partial charge in [-0.1, -0.05) is 11.6 Å². The van der Waals surface area contributed by atoms with Crippen LogP contribution >= 0.6 is 11.6 Å². The van der Waals surface area contributed by atoms with E-state index in [0.717, 1.165) is 10.9 Å². The van der Waals surface area contributed by atoms with Crippen molar-refractivity contribution >= 4 is 34.1 Å². The summed E-state index contributed by atoms with van der Waals surface area (Å²) in [6.45, 7) is 3.10. The number of ether oxygens (including phenoxy) is 1.